The molecule has 0 atom stereocenters. The van der Waals surface area contributed by atoms with Crippen LogP contribution in [0.15, 0.2) is 34.9 Å². The Labute approximate surface area is 103 Å². The van der Waals surface area contributed by atoms with Gasteiger partial charge in [0.25, 0.3) is 0 Å². The molecule has 0 bridgehead atoms. The van der Waals surface area contributed by atoms with E-state index in [9.17, 15) is 13.2 Å². The Bertz CT molecular complexity index is 548. The predicted octanol–water partition coefficient (Wildman–Crippen LogP) is 3.24. The third-order valence-electron chi connectivity index (χ3n) is 2.12. The number of anilines is 1. The molecule has 1 aromatic heterocycles. The Balaban J connectivity index is 2.63. The number of halogens is 4. The minimum atomic E-state index is -4.43. The van der Waals surface area contributed by atoms with Gasteiger partial charge < -0.3 is 5.73 Å². The molecule has 0 saturated heterocycles. The second kappa shape index (κ2) is 4.06. The summed E-state index contributed by atoms with van der Waals surface area (Å²) in [5.41, 5.74) is 4.56. The van der Waals surface area contributed by atoms with Gasteiger partial charge >= 0.3 is 6.18 Å². The number of alkyl halides is 3. The molecule has 0 aliphatic heterocycles. The molecular formula is C10H7BrF3N3. The van der Waals surface area contributed by atoms with Crippen molar-refractivity contribution in [3.63, 3.8) is 0 Å². The van der Waals surface area contributed by atoms with Gasteiger partial charge in [0.15, 0.2) is 0 Å². The van der Waals surface area contributed by atoms with E-state index in [1.165, 1.54) is 24.4 Å². The van der Waals surface area contributed by atoms with Crippen LogP contribution >= 0.6 is 15.9 Å². The highest BCUT2D eigenvalue weighted by molar-refractivity contribution is 9.10. The highest BCUT2D eigenvalue weighted by Gasteiger charge is 2.34. The lowest BCUT2D eigenvalue weighted by molar-refractivity contribution is -0.137. The second-order valence-corrected chi connectivity index (χ2v) is 4.26. The first kappa shape index (κ1) is 12.0. The molecule has 0 aliphatic carbocycles. The fraction of sp³-hybridized carbons (Fsp3) is 0.100. The molecule has 0 aliphatic rings. The molecule has 0 saturated carbocycles. The Morgan fingerprint density at radius 3 is 2.47 bits per heavy atom. The maximum Gasteiger partial charge on any atom is 0.418 e. The van der Waals surface area contributed by atoms with Crippen LogP contribution in [0.3, 0.4) is 0 Å². The van der Waals surface area contributed by atoms with E-state index in [0.29, 0.717) is 4.47 Å². The molecule has 1 heterocycles. The van der Waals surface area contributed by atoms with Crippen molar-refractivity contribution in [2.75, 3.05) is 5.73 Å². The Morgan fingerprint density at radius 2 is 1.94 bits per heavy atom. The molecule has 1 aromatic carbocycles. The van der Waals surface area contributed by atoms with Gasteiger partial charge in [-0.05, 0) is 18.2 Å². The number of nitrogens with two attached hydrogens (primary N) is 1. The summed E-state index contributed by atoms with van der Waals surface area (Å²) in [5.74, 6) is 0.165. The third-order valence-corrected chi connectivity index (χ3v) is 2.61. The number of hydrogen-bond donors (Lipinski definition) is 1. The zero-order chi connectivity index (χ0) is 12.6. The summed E-state index contributed by atoms with van der Waals surface area (Å²) in [5, 5.41) is 3.77. The number of aromatic nitrogens is 2. The van der Waals surface area contributed by atoms with E-state index < -0.39 is 11.7 Å². The Kier molecular flexibility index (Phi) is 2.86. The van der Waals surface area contributed by atoms with E-state index in [2.05, 4.69) is 21.0 Å². The standard InChI is InChI=1S/C10H7BrF3N3/c11-6-1-2-7(10(12,13)14)8(5-6)17-4-3-9(15)16-17/h1-5H,(H2,15,16). The van der Waals surface area contributed by atoms with Crippen molar-refractivity contribution in [2.45, 2.75) is 6.18 Å². The molecule has 0 unspecified atom stereocenters. The summed E-state index contributed by atoms with van der Waals surface area (Å²) < 4.78 is 40.0. The minimum absolute atomic E-state index is 0.0661. The number of rotatable bonds is 1. The van der Waals surface area contributed by atoms with Crippen LogP contribution in [0.5, 0.6) is 0 Å². The van der Waals surface area contributed by atoms with E-state index in [4.69, 9.17) is 5.73 Å². The fourth-order valence-corrected chi connectivity index (χ4v) is 1.76. The summed E-state index contributed by atoms with van der Waals surface area (Å²) in [7, 11) is 0. The van der Waals surface area contributed by atoms with Crippen LogP contribution in [0.1, 0.15) is 5.56 Å². The van der Waals surface area contributed by atoms with Crippen molar-refractivity contribution in [2.24, 2.45) is 0 Å². The average Bonchev–Trinajstić information content (AvgIpc) is 2.62. The molecule has 0 fully saturated rings. The van der Waals surface area contributed by atoms with Crippen LogP contribution in [0.2, 0.25) is 0 Å². The zero-order valence-corrected chi connectivity index (χ0v) is 9.96. The summed E-state index contributed by atoms with van der Waals surface area (Å²) in [6.45, 7) is 0. The highest BCUT2D eigenvalue weighted by atomic mass is 79.9. The fourth-order valence-electron chi connectivity index (χ4n) is 1.41. The van der Waals surface area contributed by atoms with Crippen LogP contribution in [-0.2, 0) is 6.18 Å². The second-order valence-electron chi connectivity index (χ2n) is 3.34. The molecule has 90 valence electrons. The molecule has 3 nitrogen and oxygen atoms in total. The van der Waals surface area contributed by atoms with Crippen molar-refractivity contribution in [3.8, 4) is 5.69 Å². The molecular weight excluding hydrogens is 299 g/mol. The lowest BCUT2D eigenvalue weighted by atomic mass is 10.2. The smallest absolute Gasteiger partial charge is 0.382 e. The molecule has 0 amide bonds. The van der Waals surface area contributed by atoms with Crippen molar-refractivity contribution >= 4 is 21.7 Å². The average molecular weight is 306 g/mol. The first-order valence-corrected chi connectivity index (χ1v) is 5.35. The van der Waals surface area contributed by atoms with Crippen molar-refractivity contribution in [3.05, 3.63) is 40.5 Å². The van der Waals surface area contributed by atoms with Crippen LogP contribution in [0.4, 0.5) is 19.0 Å². The number of hydrogen-bond acceptors (Lipinski definition) is 2. The molecule has 17 heavy (non-hydrogen) atoms. The Hall–Kier alpha value is -1.50. The first-order chi connectivity index (χ1) is 7.88. The van der Waals surface area contributed by atoms with Gasteiger partial charge in [-0.3, -0.25) is 0 Å². The number of benzene rings is 1. The van der Waals surface area contributed by atoms with Gasteiger partial charge in [0.1, 0.15) is 5.82 Å². The summed E-state index contributed by atoms with van der Waals surface area (Å²) >= 11 is 3.13. The van der Waals surface area contributed by atoms with Crippen molar-refractivity contribution < 1.29 is 13.2 Å². The number of nitrogen functional groups attached to an aromatic ring is 1. The van der Waals surface area contributed by atoms with Gasteiger partial charge in [-0.25, -0.2) is 4.68 Å². The van der Waals surface area contributed by atoms with Crippen LogP contribution < -0.4 is 5.73 Å². The van der Waals surface area contributed by atoms with Crippen LogP contribution in [0, 0.1) is 0 Å². The van der Waals surface area contributed by atoms with E-state index in [1.54, 1.807) is 0 Å². The maximum absolute atomic E-state index is 12.8. The monoisotopic (exact) mass is 305 g/mol. The maximum atomic E-state index is 12.8. The third kappa shape index (κ3) is 2.44. The molecule has 2 aromatic rings. The normalized spacial score (nSPS) is 11.8. The van der Waals surface area contributed by atoms with E-state index in [-0.39, 0.29) is 11.5 Å². The molecule has 0 radical (unpaired) electrons. The number of nitrogens with zero attached hydrogens (tertiary/aromatic N) is 2. The van der Waals surface area contributed by atoms with Gasteiger partial charge in [0.05, 0.1) is 11.3 Å². The SMILES string of the molecule is Nc1ccn(-c2cc(Br)ccc2C(F)(F)F)n1. The van der Waals surface area contributed by atoms with Gasteiger partial charge in [0, 0.05) is 16.7 Å². The van der Waals surface area contributed by atoms with E-state index in [1.807, 2.05) is 0 Å². The summed E-state index contributed by atoms with van der Waals surface area (Å²) in [4.78, 5) is 0. The van der Waals surface area contributed by atoms with Gasteiger partial charge in [-0.15, -0.1) is 0 Å². The lowest BCUT2D eigenvalue weighted by Gasteiger charge is -2.12. The zero-order valence-electron chi connectivity index (χ0n) is 8.37. The molecule has 2 N–H and O–H groups in total. The quantitative estimate of drug-likeness (QED) is 0.879. The van der Waals surface area contributed by atoms with Gasteiger partial charge in [-0.1, -0.05) is 15.9 Å². The van der Waals surface area contributed by atoms with E-state index in [0.717, 1.165) is 10.7 Å². The predicted molar refractivity (Wildman–Crippen MR) is 60.7 cm³/mol. The molecule has 2 rings (SSSR count). The largest absolute Gasteiger partial charge is 0.418 e. The van der Waals surface area contributed by atoms with Gasteiger partial charge in [-0.2, -0.15) is 18.3 Å². The Morgan fingerprint density at radius 1 is 1.24 bits per heavy atom. The lowest BCUT2D eigenvalue weighted by Crippen LogP contribution is -2.11. The van der Waals surface area contributed by atoms with Crippen LogP contribution in [-0.4, -0.2) is 9.78 Å². The first-order valence-electron chi connectivity index (χ1n) is 4.56. The molecule has 7 heteroatoms. The summed E-state index contributed by atoms with van der Waals surface area (Å²) in [6, 6.07) is 5.10. The van der Waals surface area contributed by atoms with Crippen LogP contribution in [0.25, 0.3) is 5.69 Å². The van der Waals surface area contributed by atoms with Crippen molar-refractivity contribution in [1.82, 2.24) is 9.78 Å². The van der Waals surface area contributed by atoms with E-state index >= 15 is 0 Å². The minimum Gasteiger partial charge on any atom is -0.382 e. The highest BCUT2D eigenvalue weighted by Crippen LogP contribution is 2.35. The van der Waals surface area contributed by atoms with Crippen molar-refractivity contribution in [1.29, 1.82) is 0 Å². The van der Waals surface area contributed by atoms with Gasteiger partial charge in [0.2, 0.25) is 0 Å². The topological polar surface area (TPSA) is 43.8 Å². The summed E-state index contributed by atoms with van der Waals surface area (Å²) in [6.07, 6.45) is -3.05. The molecule has 0 spiro atoms.